The quantitative estimate of drug-likeness (QED) is 0.355. The fraction of sp³-hybridized carbons (Fsp3) is 0. The van der Waals surface area contributed by atoms with Gasteiger partial charge in [0.25, 0.3) is 0 Å². The summed E-state index contributed by atoms with van der Waals surface area (Å²) >= 11 is 0. The van der Waals surface area contributed by atoms with Gasteiger partial charge in [0.05, 0.1) is 23.9 Å². The molecule has 0 aromatic heterocycles. The number of rotatable bonds is 4. The molecule has 0 aliphatic carbocycles. The van der Waals surface area contributed by atoms with Crippen LogP contribution in [0, 0.1) is 0 Å². The summed E-state index contributed by atoms with van der Waals surface area (Å²) in [6.45, 7) is 0. The van der Waals surface area contributed by atoms with Gasteiger partial charge in [0.1, 0.15) is 0 Å². The van der Waals surface area contributed by atoms with Crippen molar-refractivity contribution in [1.29, 1.82) is 0 Å². The Hall–Kier alpha value is -1.50. The van der Waals surface area contributed by atoms with Crippen molar-refractivity contribution in [2.24, 2.45) is 0 Å². The topological polar surface area (TPSA) is 161 Å². The predicted octanol–water partition coefficient (Wildman–Crippen LogP) is -5.92. The number of carbonyl (C=O) groups excluding carboxylic acids is 4. The molecule has 0 aliphatic heterocycles. The van der Waals surface area contributed by atoms with E-state index >= 15 is 0 Å². The molecule has 0 rings (SSSR count). The van der Waals surface area contributed by atoms with E-state index in [9.17, 15) is 39.6 Å². The standard InChI is InChI=1S/2C4H4O4.Cu.Zn/c2*5-3(6)1-2-4(7)8;;/h2*1-2H,(H,5,6)(H,7,8);;/q;;2*+2/p-4/b2*2-1+;;. The van der Waals surface area contributed by atoms with Crippen molar-refractivity contribution in [2.75, 3.05) is 0 Å². The number of carboxylic acid groups (broad SMARTS) is 4. The fourth-order valence-electron chi connectivity index (χ4n) is 0.272. The van der Waals surface area contributed by atoms with Crippen LogP contribution in [-0.2, 0) is 55.7 Å². The predicted molar refractivity (Wildman–Crippen MR) is 38.3 cm³/mol. The first-order valence-electron chi connectivity index (χ1n) is 3.45. The molecular formula is C8H4CuO8Zn. The normalized spacial score (nSPS) is 8.44. The molecule has 0 saturated heterocycles. The Bertz CT molecular complexity index is 283. The van der Waals surface area contributed by atoms with Crippen LogP contribution >= 0.6 is 0 Å². The van der Waals surface area contributed by atoms with Crippen LogP contribution in [0.1, 0.15) is 0 Å². The van der Waals surface area contributed by atoms with Gasteiger partial charge in [-0.1, -0.05) is 0 Å². The number of hydrogen-bond donors (Lipinski definition) is 0. The Morgan fingerprint density at radius 3 is 0.722 bits per heavy atom. The zero-order valence-corrected chi connectivity index (χ0v) is 12.5. The zero-order valence-electron chi connectivity index (χ0n) is 8.58. The van der Waals surface area contributed by atoms with Gasteiger partial charge in [-0.2, -0.15) is 0 Å². The van der Waals surface area contributed by atoms with E-state index in [1.54, 1.807) is 0 Å². The molecule has 0 aromatic rings. The van der Waals surface area contributed by atoms with E-state index in [1.807, 2.05) is 0 Å². The summed E-state index contributed by atoms with van der Waals surface area (Å²) in [6.07, 6.45) is 1.54. The average Bonchev–Trinajstić information content (AvgIpc) is 2.12. The van der Waals surface area contributed by atoms with Gasteiger partial charge in [-0.3, -0.25) is 0 Å². The van der Waals surface area contributed by atoms with Gasteiger partial charge in [-0.15, -0.1) is 0 Å². The summed E-state index contributed by atoms with van der Waals surface area (Å²) in [7, 11) is 0. The van der Waals surface area contributed by atoms with E-state index in [2.05, 4.69) is 0 Å². The SMILES string of the molecule is O=C([O-])/C=C/C(=O)[O-].O=C([O-])/C=C/C(=O)[O-].[Cu+2].[Zn+2]. The van der Waals surface area contributed by atoms with Gasteiger partial charge in [0.15, 0.2) is 0 Å². The third kappa shape index (κ3) is 36.6. The minimum absolute atomic E-state index is 0. The molecule has 0 aliphatic rings. The minimum Gasteiger partial charge on any atom is -0.545 e. The number of carbonyl (C=O) groups is 4. The third-order valence-electron chi connectivity index (χ3n) is 0.711. The molecule has 8 nitrogen and oxygen atoms in total. The molecule has 0 N–H and O–H groups in total. The Morgan fingerprint density at radius 1 is 0.556 bits per heavy atom. The molecule has 0 heterocycles. The largest absolute Gasteiger partial charge is 2.00 e. The average molecular weight is 357 g/mol. The van der Waals surface area contributed by atoms with Crippen molar-refractivity contribution < 1.29 is 76.2 Å². The number of carboxylic acids is 4. The van der Waals surface area contributed by atoms with E-state index in [0.29, 0.717) is 24.3 Å². The first kappa shape index (κ1) is 25.4. The molecule has 10 heteroatoms. The van der Waals surface area contributed by atoms with Crippen LogP contribution in [0.25, 0.3) is 0 Å². The maximum Gasteiger partial charge on any atom is 2.00 e. The van der Waals surface area contributed by atoms with Gasteiger partial charge >= 0.3 is 36.5 Å². The second-order valence-electron chi connectivity index (χ2n) is 1.94. The third-order valence-corrected chi connectivity index (χ3v) is 0.711. The molecule has 1 radical (unpaired) electrons. The first-order chi connectivity index (χ1) is 7.25. The van der Waals surface area contributed by atoms with Crippen molar-refractivity contribution in [2.45, 2.75) is 0 Å². The fourth-order valence-corrected chi connectivity index (χ4v) is 0.272. The van der Waals surface area contributed by atoms with Crippen molar-refractivity contribution in [3.05, 3.63) is 24.3 Å². The summed E-state index contributed by atoms with van der Waals surface area (Å²) in [5.41, 5.74) is 0. The minimum atomic E-state index is -1.55. The molecule has 0 atom stereocenters. The molecule has 18 heavy (non-hydrogen) atoms. The van der Waals surface area contributed by atoms with Crippen LogP contribution < -0.4 is 20.4 Å². The Kier molecular flexibility index (Phi) is 21.9. The molecule has 0 fully saturated rings. The molecule has 0 spiro atoms. The summed E-state index contributed by atoms with van der Waals surface area (Å²) < 4.78 is 0. The number of hydrogen-bond acceptors (Lipinski definition) is 8. The summed E-state index contributed by atoms with van der Waals surface area (Å²) in [4.78, 5) is 37.7. The maximum atomic E-state index is 9.41. The van der Waals surface area contributed by atoms with E-state index in [4.69, 9.17) is 0 Å². The molecule has 97 valence electrons. The molecular weight excluding hydrogens is 353 g/mol. The van der Waals surface area contributed by atoms with Crippen LogP contribution in [0.4, 0.5) is 0 Å². The van der Waals surface area contributed by atoms with Crippen molar-refractivity contribution in [3.63, 3.8) is 0 Å². The van der Waals surface area contributed by atoms with Crippen molar-refractivity contribution in [1.82, 2.24) is 0 Å². The molecule has 0 saturated carbocycles. The second-order valence-corrected chi connectivity index (χ2v) is 1.94. The Balaban J connectivity index is -0.0000000980. The van der Waals surface area contributed by atoms with Crippen LogP contribution in [0.3, 0.4) is 0 Å². The van der Waals surface area contributed by atoms with Crippen LogP contribution in [0.15, 0.2) is 24.3 Å². The van der Waals surface area contributed by atoms with Gasteiger partial charge in [0.2, 0.25) is 0 Å². The van der Waals surface area contributed by atoms with Crippen molar-refractivity contribution in [3.8, 4) is 0 Å². The zero-order chi connectivity index (χ0) is 13.1. The Morgan fingerprint density at radius 2 is 0.667 bits per heavy atom. The van der Waals surface area contributed by atoms with Crippen molar-refractivity contribution >= 4 is 23.9 Å². The number of aliphatic carboxylic acids is 4. The van der Waals surface area contributed by atoms with E-state index in [0.717, 1.165) is 0 Å². The monoisotopic (exact) mass is 355 g/mol. The van der Waals surface area contributed by atoms with Gasteiger partial charge in [0, 0.05) is 0 Å². The van der Waals surface area contributed by atoms with E-state index < -0.39 is 23.9 Å². The van der Waals surface area contributed by atoms with Gasteiger partial charge in [-0.25, -0.2) is 0 Å². The van der Waals surface area contributed by atoms with Crippen LogP contribution in [-0.4, -0.2) is 23.9 Å². The van der Waals surface area contributed by atoms with Crippen LogP contribution in [0.2, 0.25) is 0 Å². The second kappa shape index (κ2) is 15.5. The van der Waals surface area contributed by atoms with E-state index in [1.165, 1.54) is 0 Å². The summed E-state index contributed by atoms with van der Waals surface area (Å²) in [5.74, 6) is -6.19. The molecule has 0 unspecified atom stereocenters. The van der Waals surface area contributed by atoms with Gasteiger partial charge in [-0.05, 0) is 24.3 Å². The maximum absolute atomic E-state index is 9.41. The van der Waals surface area contributed by atoms with Gasteiger partial charge < -0.3 is 39.6 Å². The molecule has 0 amide bonds. The molecule has 0 aromatic carbocycles. The summed E-state index contributed by atoms with van der Waals surface area (Å²) in [6, 6.07) is 0. The molecule has 0 bridgehead atoms. The smallest absolute Gasteiger partial charge is 0.545 e. The summed E-state index contributed by atoms with van der Waals surface area (Å²) in [5, 5.41) is 37.7. The van der Waals surface area contributed by atoms with E-state index in [-0.39, 0.29) is 36.5 Å². The van der Waals surface area contributed by atoms with Crippen LogP contribution in [0.5, 0.6) is 0 Å². The first-order valence-corrected chi connectivity index (χ1v) is 3.45. The Labute approximate surface area is 124 Å².